The van der Waals surface area contributed by atoms with Crippen LogP contribution in [-0.4, -0.2) is 33.2 Å². The average Bonchev–Trinajstić information content (AvgIpc) is 2.35. The number of rotatable bonds is 7. The molecular weight excluding hydrogens is 238 g/mol. The van der Waals surface area contributed by atoms with Gasteiger partial charge in [-0.15, -0.1) is 11.6 Å². The molecule has 0 atom stereocenters. The van der Waals surface area contributed by atoms with E-state index in [0.717, 1.165) is 36.6 Å². The van der Waals surface area contributed by atoms with E-state index in [1.54, 1.807) is 14.2 Å². The van der Waals surface area contributed by atoms with Gasteiger partial charge >= 0.3 is 0 Å². The van der Waals surface area contributed by atoms with Crippen LogP contribution in [0.5, 0.6) is 11.5 Å². The third kappa shape index (κ3) is 3.79. The highest BCUT2D eigenvalue weighted by molar-refractivity contribution is 6.18. The SMILES string of the molecule is COc1ccc(CCNCCCl)c(OC)c1C. The summed E-state index contributed by atoms with van der Waals surface area (Å²) in [6, 6.07) is 4.03. The maximum atomic E-state index is 5.60. The van der Waals surface area contributed by atoms with E-state index >= 15 is 0 Å². The number of ether oxygens (including phenoxy) is 2. The molecule has 3 nitrogen and oxygen atoms in total. The number of benzene rings is 1. The molecule has 0 fully saturated rings. The predicted octanol–water partition coefficient (Wildman–Crippen LogP) is 2.38. The summed E-state index contributed by atoms with van der Waals surface area (Å²) in [5.41, 5.74) is 2.23. The fourth-order valence-corrected chi connectivity index (χ4v) is 1.98. The Morgan fingerprint density at radius 1 is 1.18 bits per heavy atom. The molecule has 0 aliphatic rings. The molecule has 0 spiro atoms. The number of hydrogen-bond acceptors (Lipinski definition) is 3. The van der Waals surface area contributed by atoms with Gasteiger partial charge in [-0.2, -0.15) is 0 Å². The molecule has 0 aliphatic carbocycles. The molecule has 0 bridgehead atoms. The Hall–Kier alpha value is -0.930. The summed E-state index contributed by atoms with van der Waals surface area (Å²) in [5, 5.41) is 3.26. The summed E-state index contributed by atoms with van der Waals surface area (Å²) in [6.07, 6.45) is 0.922. The Bertz CT molecular complexity index is 356. The topological polar surface area (TPSA) is 30.5 Å². The molecule has 0 radical (unpaired) electrons. The van der Waals surface area contributed by atoms with Crippen LogP contribution in [-0.2, 0) is 6.42 Å². The maximum Gasteiger partial charge on any atom is 0.128 e. The third-order valence-corrected chi connectivity index (χ3v) is 2.89. The molecule has 0 heterocycles. The second-order valence-electron chi connectivity index (χ2n) is 3.77. The van der Waals surface area contributed by atoms with E-state index in [4.69, 9.17) is 21.1 Å². The van der Waals surface area contributed by atoms with E-state index in [2.05, 4.69) is 5.32 Å². The minimum absolute atomic E-state index is 0.638. The monoisotopic (exact) mass is 257 g/mol. The van der Waals surface area contributed by atoms with Crippen LogP contribution in [0.4, 0.5) is 0 Å². The number of methoxy groups -OCH3 is 2. The van der Waals surface area contributed by atoms with E-state index in [1.165, 1.54) is 5.56 Å². The van der Waals surface area contributed by atoms with Crippen LogP contribution in [0.15, 0.2) is 12.1 Å². The highest BCUT2D eigenvalue weighted by Crippen LogP contribution is 2.31. The van der Waals surface area contributed by atoms with Gasteiger partial charge in [0.1, 0.15) is 11.5 Å². The second-order valence-corrected chi connectivity index (χ2v) is 4.15. The van der Waals surface area contributed by atoms with Crippen LogP contribution in [0.3, 0.4) is 0 Å². The van der Waals surface area contributed by atoms with Crippen molar-refractivity contribution in [2.45, 2.75) is 13.3 Å². The van der Waals surface area contributed by atoms with Gasteiger partial charge in [0, 0.05) is 18.0 Å². The van der Waals surface area contributed by atoms with Crippen molar-refractivity contribution in [3.05, 3.63) is 23.3 Å². The normalized spacial score (nSPS) is 10.4. The van der Waals surface area contributed by atoms with Crippen molar-refractivity contribution >= 4 is 11.6 Å². The summed E-state index contributed by atoms with van der Waals surface area (Å²) < 4.78 is 10.7. The van der Waals surface area contributed by atoms with Crippen molar-refractivity contribution in [1.29, 1.82) is 0 Å². The molecule has 0 amide bonds. The lowest BCUT2D eigenvalue weighted by Gasteiger charge is -2.14. The molecule has 17 heavy (non-hydrogen) atoms. The Kier molecular flexibility index (Phi) is 6.16. The van der Waals surface area contributed by atoms with Gasteiger partial charge < -0.3 is 14.8 Å². The van der Waals surface area contributed by atoms with E-state index in [0.29, 0.717) is 5.88 Å². The van der Waals surface area contributed by atoms with Gasteiger partial charge in [-0.05, 0) is 31.5 Å². The standard InChI is InChI=1S/C13H20ClNO2/c1-10-12(16-2)5-4-11(13(10)17-3)6-8-15-9-7-14/h4-5,15H,6-9H2,1-3H3. The summed E-state index contributed by atoms with van der Waals surface area (Å²) in [5.74, 6) is 2.41. The number of alkyl halides is 1. The van der Waals surface area contributed by atoms with Crippen molar-refractivity contribution in [2.75, 3.05) is 33.2 Å². The molecule has 96 valence electrons. The first-order valence-electron chi connectivity index (χ1n) is 5.71. The Morgan fingerprint density at radius 2 is 1.94 bits per heavy atom. The molecule has 1 aromatic rings. The second kappa shape index (κ2) is 7.41. The molecule has 0 saturated heterocycles. The van der Waals surface area contributed by atoms with Gasteiger partial charge in [-0.1, -0.05) is 6.07 Å². The molecule has 1 aromatic carbocycles. The van der Waals surface area contributed by atoms with Crippen LogP contribution in [0.1, 0.15) is 11.1 Å². The highest BCUT2D eigenvalue weighted by atomic mass is 35.5. The molecule has 0 aliphatic heterocycles. The zero-order valence-corrected chi connectivity index (χ0v) is 11.4. The lowest BCUT2D eigenvalue weighted by Crippen LogP contribution is -2.19. The number of halogens is 1. The molecule has 0 aromatic heterocycles. The van der Waals surface area contributed by atoms with Crippen molar-refractivity contribution in [2.24, 2.45) is 0 Å². The minimum atomic E-state index is 0.638. The third-order valence-electron chi connectivity index (χ3n) is 2.70. The van der Waals surface area contributed by atoms with Crippen LogP contribution in [0.2, 0.25) is 0 Å². The van der Waals surface area contributed by atoms with Crippen LogP contribution >= 0.6 is 11.6 Å². The summed E-state index contributed by atoms with van der Waals surface area (Å²) >= 11 is 5.60. The lowest BCUT2D eigenvalue weighted by atomic mass is 10.1. The van der Waals surface area contributed by atoms with E-state index < -0.39 is 0 Å². The smallest absolute Gasteiger partial charge is 0.128 e. The number of nitrogens with one attached hydrogen (secondary N) is 1. The summed E-state index contributed by atoms with van der Waals surface area (Å²) in [6.45, 7) is 3.74. The predicted molar refractivity (Wildman–Crippen MR) is 71.6 cm³/mol. The Labute approximate surface area is 108 Å². The van der Waals surface area contributed by atoms with Crippen molar-refractivity contribution in [3.8, 4) is 11.5 Å². The highest BCUT2D eigenvalue weighted by Gasteiger charge is 2.10. The summed E-state index contributed by atoms with van der Waals surface area (Å²) in [7, 11) is 3.36. The molecule has 1 N–H and O–H groups in total. The minimum Gasteiger partial charge on any atom is -0.496 e. The fraction of sp³-hybridized carbons (Fsp3) is 0.538. The quantitative estimate of drug-likeness (QED) is 0.601. The first-order valence-corrected chi connectivity index (χ1v) is 6.25. The van der Waals surface area contributed by atoms with Crippen molar-refractivity contribution in [3.63, 3.8) is 0 Å². The number of hydrogen-bond donors (Lipinski definition) is 1. The molecule has 0 saturated carbocycles. The first-order chi connectivity index (χ1) is 8.24. The Morgan fingerprint density at radius 3 is 2.53 bits per heavy atom. The summed E-state index contributed by atoms with van der Waals surface area (Å²) in [4.78, 5) is 0. The van der Waals surface area contributed by atoms with E-state index in [9.17, 15) is 0 Å². The lowest BCUT2D eigenvalue weighted by molar-refractivity contribution is 0.385. The van der Waals surface area contributed by atoms with Crippen LogP contribution < -0.4 is 14.8 Å². The van der Waals surface area contributed by atoms with Crippen LogP contribution in [0.25, 0.3) is 0 Å². The molecular formula is C13H20ClNO2. The maximum absolute atomic E-state index is 5.60. The van der Waals surface area contributed by atoms with Gasteiger partial charge in [-0.3, -0.25) is 0 Å². The van der Waals surface area contributed by atoms with Gasteiger partial charge in [0.05, 0.1) is 14.2 Å². The Balaban J connectivity index is 2.74. The average molecular weight is 258 g/mol. The zero-order valence-electron chi connectivity index (χ0n) is 10.7. The molecule has 0 unspecified atom stereocenters. The molecule has 4 heteroatoms. The fourth-order valence-electron chi connectivity index (χ4n) is 1.85. The molecule has 1 rings (SSSR count). The zero-order chi connectivity index (χ0) is 12.7. The van der Waals surface area contributed by atoms with Crippen molar-refractivity contribution < 1.29 is 9.47 Å². The van der Waals surface area contributed by atoms with Crippen LogP contribution in [0, 0.1) is 6.92 Å². The van der Waals surface area contributed by atoms with Gasteiger partial charge in [0.25, 0.3) is 0 Å². The van der Waals surface area contributed by atoms with E-state index in [-0.39, 0.29) is 0 Å². The van der Waals surface area contributed by atoms with Gasteiger partial charge in [0.15, 0.2) is 0 Å². The van der Waals surface area contributed by atoms with Gasteiger partial charge in [0.2, 0.25) is 0 Å². The van der Waals surface area contributed by atoms with E-state index in [1.807, 2.05) is 19.1 Å². The largest absolute Gasteiger partial charge is 0.496 e. The first kappa shape index (κ1) is 14.1. The van der Waals surface area contributed by atoms with Crippen molar-refractivity contribution in [1.82, 2.24) is 5.32 Å². The van der Waals surface area contributed by atoms with Gasteiger partial charge in [-0.25, -0.2) is 0 Å².